The van der Waals surface area contributed by atoms with E-state index in [-0.39, 0.29) is 23.4 Å². The number of nitrogens with one attached hydrogen (secondary N) is 1. The number of hydrogen-bond donors (Lipinski definition) is 2. The summed E-state index contributed by atoms with van der Waals surface area (Å²) in [5, 5.41) is 12.5. The van der Waals surface area contributed by atoms with E-state index in [2.05, 4.69) is 15.5 Å². The van der Waals surface area contributed by atoms with E-state index < -0.39 is 0 Å². The first-order valence-corrected chi connectivity index (χ1v) is 9.92. The molecule has 0 fully saturated rings. The van der Waals surface area contributed by atoms with Crippen LogP contribution in [0.4, 0.5) is 14.6 Å². The van der Waals surface area contributed by atoms with E-state index in [1.807, 2.05) is 36.4 Å². The molecular formula is C24H20F2N4. The van der Waals surface area contributed by atoms with Gasteiger partial charge in [-0.1, -0.05) is 42.5 Å². The first-order chi connectivity index (χ1) is 14.6. The highest BCUT2D eigenvalue weighted by Crippen LogP contribution is 2.38. The maximum absolute atomic E-state index is 15.5. The van der Waals surface area contributed by atoms with E-state index >= 15 is 8.78 Å². The Balaban J connectivity index is 1.65. The van der Waals surface area contributed by atoms with Gasteiger partial charge in [0.15, 0.2) is 0 Å². The van der Waals surface area contributed by atoms with Crippen molar-refractivity contribution in [1.29, 1.82) is 0 Å². The lowest BCUT2D eigenvalue weighted by atomic mass is 9.84. The van der Waals surface area contributed by atoms with Crippen molar-refractivity contribution in [2.24, 2.45) is 0 Å². The molecule has 1 aliphatic heterocycles. The monoisotopic (exact) mass is 402 g/mol. The van der Waals surface area contributed by atoms with Crippen LogP contribution < -0.4 is 11.1 Å². The van der Waals surface area contributed by atoms with Crippen molar-refractivity contribution < 1.29 is 8.78 Å². The number of nitrogens with zero attached hydrogens (tertiary/aromatic N) is 2. The Labute approximate surface area is 172 Å². The van der Waals surface area contributed by atoms with Gasteiger partial charge in [-0.25, -0.2) is 8.78 Å². The lowest BCUT2D eigenvalue weighted by Crippen LogP contribution is -2.13. The van der Waals surface area contributed by atoms with Crippen molar-refractivity contribution in [1.82, 2.24) is 15.5 Å². The summed E-state index contributed by atoms with van der Waals surface area (Å²) < 4.78 is 30.9. The second-order valence-corrected chi connectivity index (χ2v) is 7.55. The Morgan fingerprint density at radius 3 is 2.53 bits per heavy atom. The van der Waals surface area contributed by atoms with Crippen molar-refractivity contribution in [2.75, 3.05) is 12.3 Å². The quantitative estimate of drug-likeness (QED) is 0.506. The van der Waals surface area contributed by atoms with Gasteiger partial charge in [0.2, 0.25) is 0 Å². The zero-order valence-electron chi connectivity index (χ0n) is 16.2. The number of nitrogens with two attached hydrogens (primary N) is 1. The smallest absolute Gasteiger partial charge is 0.146 e. The molecule has 4 aromatic rings. The predicted molar refractivity (Wildman–Crippen MR) is 114 cm³/mol. The van der Waals surface area contributed by atoms with E-state index in [1.165, 1.54) is 0 Å². The van der Waals surface area contributed by atoms with Crippen LogP contribution in [0, 0.1) is 11.6 Å². The van der Waals surface area contributed by atoms with Gasteiger partial charge < -0.3 is 11.1 Å². The fourth-order valence-corrected chi connectivity index (χ4v) is 4.28. The number of hydrogen-bond acceptors (Lipinski definition) is 4. The molecule has 5 rings (SSSR count). The average Bonchev–Trinajstić information content (AvgIpc) is 2.99. The standard InChI is InChI=1S/C24H20F2N4/c25-23-15-4-2-1-3-14(15)5-6-18(23)17-11-12-28-13-20-16(17)7-8-19(24(20)26)21-9-10-22(27)30-29-21/h1-10,17,28H,11-13H2,(H2,27,30). The summed E-state index contributed by atoms with van der Waals surface area (Å²) in [6.45, 7) is 1.05. The molecule has 3 N–H and O–H groups in total. The molecule has 1 aromatic heterocycles. The summed E-state index contributed by atoms with van der Waals surface area (Å²) in [6, 6.07) is 18.0. The lowest BCUT2D eigenvalue weighted by Gasteiger charge is -2.20. The second-order valence-electron chi connectivity index (χ2n) is 7.55. The molecule has 150 valence electrons. The van der Waals surface area contributed by atoms with Crippen LogP contribution in [0.2, 0.25) is 0 Å². The molecule has 4 nitrogen and oxygen atoms in total. The highest BCUT2D eigenvalue weighted by molar-refractivity contribution is 5.84. The summed E-state index contributed by atoms with van der Waals surface area (Å²) in [6.07, 6.45) is 0.683. The van der Waals surface area contributed by atoms with Crippen LogP contribution in [0.25, 0.3) is 22.0 Å². The predicted octanol–water partition coefficient (Wildman–Crippen LogP) is 4.78. The molecule has 0 aliphatic carbocycles. The van der Waals surface area contributed by atoms with Crippen molar-refractivity contribution in [3.8, 4) is 11.3 Å². The topological polar surface area (TPSA) is 63.8 Å². The van der Waals surface area contributed by atoms with Crippen molar-refractivity contribution in [2.45, 2.75) is 18.9 Å². The van der Waals surface area contributed by atoms with Crippen LogP contribution >= 0.6 is 0 Å². The molecule has 0 radical (unpaired) electrons. The van der Waals surface area contributed by atoms with Crippen molar-refractivity contribution in [3.63, 3.8) is 0 Å². The van der Waals surface area contributed by atoms with Crippen molar-refractivity contribution in [3.05, 3.63) is 89.0 Å². The minimum atomic E-state index is -0.354. The SMILES string of the molecule is Nc1ccc(-c2ccc3c(c2F)CNCCC3c2ccc3ccccc3c2F)nn1. The number of nitrogen functional groups attached to an aromatic ring is 1. The highest BCUT2D eigenvalue weighted by Gasteiger charge is 2.27. The van der Waals surface area contributed by atoms with Crippen LogP contribution in [0.5, 0.6) is 0 Å². The minimum Gasteiger partial charge on any atom is -0.382 e. The number of halogens is 2. The molecule has 0 bridgehead atoms. The molecule has 0 spiro atoms. The molecule has 0 saturated heterocycles. The lowest BCUT2D eigenvalue weighted by molar-refractivity contribution is 0.587. The highest BCUT2D eigenvalue weighted by atomic mass is 19.1. The largest absolute Gasteiger partial charge is 0.382 e. The molecular weight excluding hydrogens is 382 g/mol. The van der Waals surface area contributed by atoms with E-state index in [4.69, 9.17) is 5.73 Å². The Hall–Kier alpha value is -3.38. The summed E-state index contributed by atoms with van der Waals surface area (Å²) in [5.41, 5.74) is 8.32. The molecule has 3 aromatic carbocycles. The Bertz CT molecular complexity index is 1240. The molecule has 1 unspecified atom stereocenters. The van der Waals surface area contributed by atoms with Gasteiger partial charge in [0.1, 0.15) is 17.5 Å². The van der Waals surface area contributed by atoms with Crippen LogP contribution in [-0.4, -0.2) is 16.7 Å². The Kier molecular flexibility index (Phi) is 4.64. The molecule has 6 heteroatoms. The van der Waals surface area contributed by atoms with Gasteiger partial charge in [0.05, 0.1) is 5.69 Å². The zero-order chi connectivity index (χ0) is 20.7. The summed E-state index contributed by atoms with van der Waals surface area (Å²) in [5.74, 6) is -0.546. The molecule has 2 heterocycles. The van der Waals surface area contributed by atoms with Gasteiger partial charge in [-0.2, -0.15) is 0 Å². The second kappa shape index (κ2) is 7.46. The summed E-state index contributed by atoms with van der Waals surface area (Å²) in [7, 11) is 0. The molecule has 1 atom stereocenters. The number of aromatic nitrogens is 2. The zero-order valence-corrected chi connectivity index (χ0v) is 16.2. The Morgan fingerprint density at radius 2 is 1.70 bits per heavy atom. The van der Waals surface area contributed by atoms with E-state index in [9.17, 15) is 0 Å². The Morgan fingerprint density at radius 1 is 0.867 bits per heavy atom. The summed E-state index contributed by atoms with van der Waals surface area (Å²) >= 11 is 0. The van der Waals surface area contributed by atoms with Gasteiger partial charge >= 0.3 is 0 Å². The van der Waals surface area contributed by atoms with Gasteiger partial charge in [-0.15, -0.1) is 10.2 Å². The molecule has 0 saturated carbocycles. The average molecular weight is 402 g/mol. The maximum atomic E-state index is 15.5. The van der Waals surface area contributed by atoms with Gasteiger partial charge in [-0.3, -0.25) is 0 Å². The van der Waals surface area contributed by atoms with Crippen LogP contribution in [0.1, 0.15) is 29.0 Å². The maximum Gasteiger partial charge on any atom is 0.146 e. The van der Waals surface area contributed by atoms with Crippen molar-refractivity contribution >= 4 is 16.6 Å². The number of anilines is 1. The number of fused-ring (bicyclic) bond motifs is 2. The van der Waals surface area contributed by atoms with E-state index in [1.54, 1.807) is 24.3 Å². The van der Waals surface area contributed by atoms with Gasteiger partial charge in [0.25, 0.3) is 0 Å². The normalized spacial score (nSPS) is 16.3. The minimum absolute atomic E-state index is 0.236. The third-order valence-corrected chi connectivity index (χ3v) is 5.80. The summed E-state index contributed by atoms with van der Waals surface area (Å²) in [4.78, 5) is 0. The van der Waals surface area contributed by atoms with Crippen LogP contribution in [0.3, 0.4) is 0 Å². The van der Waals surface area contributed by atoms with E-state index in [0.717, 1.165) is 10.9 Å². The fourth-order valence-electron chi connectivity index (χ4n) is 4.28. The number of benzene rings is 3. The van der Waals surface area contributed by atoms with Gasteiger partial charge in [-0.05, 0) is 47.7 Å². The van der Waals surface area contributed by atoms with E-state index in [0.29, 0.717) is 47.3 Å². The molecule has 0 amide bonds. The molecule has 1 aliphatic rings. The van der Waals surface area contributed by atoms with Crippen LogP contribution in [-0.2, 0) is 6.54 Å². The fraction of sp³-hybridized carbons (Fsp3) is 0.167. The molecule has 30 heavy (non-hydrogen) atoms. The van der Waals surface area contributed by atoms with Gasteiger partial charge in [0, 0.05) is 29.0 Å². The van der Waals surface area contributed by atoms with Crippen LogP contribution in [0.15, 0.2) is 60.7 Å². The third-order valence-electron chi connectivity index (χ3n) is 5.80. The first kappa shape index (κ1) is 18.6. The number of rotatable bonds is 2. The third kappa shape index (κ3) is 3.09. The first-order valence-electron chi connectivity index (χ1n) is 9.92.